The third-order valence-electron chi connectivity index (χ3n) is 10.9. The number of hydrogen-bond donors (Lipinski definition) is 0. The summed E-state index contributed by atoms with van der Waals surface area (Å²) in [5.74, 6) is 0. The van der Waals surface area contributed by atoms with E-state index in [9.17, 15) is 0 Å². The minimum absolute atomic E-state index is 1.09. The van der Waals surface area contributed by atoms with E-state index in [1.54, 1.807) is 0 Å². The largest absolute Gasteiger partial charge is 0.309 e. The molecule has 0 atom stereocenters. The molecule has 0 radical (unpaired) electrons. The van der Waals surface area contributed by atoms with Gasteiger partial charge in [0.05, 0.1) is 11.4 Å². The van der Waals surface area contributed by atoms with Gasteiger partial charge < -0.3 is 4.90 Å². The summed E-state index contributed by atoms with van der Waals surface area (Å²) in [6, 6.07) is 81.5. The highest BCUT2D eigenvalue weighted by Gasteiger charge is 2.22. The van der Waals surface area contributed by atoms with E-state index in [0.29, 0.717) is 0 Å². The maximum absolute atomic E-state index is 2.46. The predicted octanol–water partition coefficient (Wildman–Crippen LogP) is 15.3. The molecule has 0 aliphatic heterocycles. The van der Waals surface area contributed by atoms with Crippen molar-refractivity contribution < 1.29 is 0 Å². The van der Waals surface area contributed by atoms with Crippen LogP contribution in [0.15, 0.2) is 224 Å². The maximum Gasteiger partial charge on any atom is 0.0540 e. The van der Waals surface area contributed by atoms with E-state index in [1.807, 2.05) is 0 Å². The molecule has 0 fully saturated rings. The molecular weight excluding hydrogens is 663 g/mol. The first-order valence-corrected chi connectivity index (χ1v) is 18.9. The summed E-state index contributed by atoms with van der Waals surface area (Å²) in [4.78, 5) is 2.46. The summed E-state index contributed by atoms with van der Waals surface area (Å²) in [5, 5.41) is 7.46. The molecule has 0 heterocycles. The molecule has 10 aromatic rings. The summed E-state index contributed by atoms with van der Waals surface area (Å²) >= 11 is 0. The number of fused-ring (bicyclic) bond motifs is 4. The van der Waals surface area contributed by atoms with E-state index in [-0.39, 0.29) is 0 Å². The molecule has 0 saturated heterocycles. The molecule has 0 aliphatic rings. The van der Waals surface area contributed by atoms with Crippen LogP contribution in [0.25, 0.3) is 76.8 Å². The standard InChI is InChI=1S/C54H37N/c1-2-16-38(17-3-1)41-21-14-22-42(36-41)39-32-34-44(35-33-39)55(53-30-12-10-27-50(53)48-29-15-20-40-18-4-6-23-45(40)48)54-31-13-11-28-51(54)52-37-43-19-5-7-24-46(43)47-25-8-9-26-49(47)52/h1-37H. The third-order valence-corrected chi connectivity index (χ3v) is 10.9. The van der Waals surface area contributed by atoms with E-state index in [4.69, 9.17) is 0 Å². The van der Waals surface area contributed by atoms with E-state index in [0.717, 1.165) is 17.1 Å². The Morgan fingerprint density at radius 1 is 0.236 bits per heavy atom. The minimum Gasteiger partial charge on any atom is -0.309 e. The summed E-state index contributed by atoms with van der Waals surface area (Å²) in [5.41, 5.74) is 12.9. The molecular formula is C54H37N. The van der Waals surface area contributed by atoms with E-state index >= 15 is 0 Å². The molecule has 0 unspecified atom stereocenters. The van der Waals surface area contributed by atoms with Crippen LogP contribution >= 0.6 is 0 Å². The fourth-order valence-corrected chi connectivity index (χ4v) is 8.25. The molecule has 55 heavy (non-hydrogen) atoms. The van der Waals surface area contributed by atoms with Crippen LogP contribution in [0.1, 0.15) is 0 Å². The first-order chi connectivity index (χ1) is 27.3. The van der Waals surface area contributed by atoms with Crippen molar-refractivity contribution in [2.75, 3.05) is 4.90 Å². The molecule has 10 rings (SSSR count). The average Bonchev–Trinajstić information content (AvgIpc) is 3.27. The number of anilines is 3. The van der Waals surface area contributed by atoms with Gasteiger partial charge in [0, 0.05) is 16.8 Å². The Morgan fingerprint density at radius 3 is 1.44 bits per heavy atom. The summed E-state index contributed by atoms with van der Waals surface area (Å²) < 4.78 is 0. The topological polar surface area (TPSA) is 3.24 Å². The van der Waals surface area contributed by atoms with Crippen LogP contribution in [0.2, 0.25) is 0 Å². The molecule has 1 nitrogen and oxygen atoms in total. The van der Waals surface area contributed by atoms with Crippen LogP contribution in [-0.2, 0) is 0 Å². The molecule has 0 amide bonds. The van der Waals surface area contributed by atoms with E-state index in [1.165, 1.54) is 76.8 Å². The van der Waals surface area contributed by atoms with Crippen molar-refractivity contribution in [2.24, 2.45) is 0 Å². The van der Waals surface area contributed by atoms with Gasteiger partial charge in [-0.05, 0) is 102 Å². The smallest absolute Gasteiger partial charge is 0.0540 e. The third kappa shape index (κ3) is 5.93. The highest BCUT2D eigenvalue weighted by molar-refractivity contribution is 6.15. The van der Waals surface area contributed by atoms with Crippen molar-refractivity contribution in [3.8, 4) is 44.5 Å². The van der Waals surface area contributed by atoms with Gasteiger partial charge in [-0.2, -0.15) is 0 Å². The van der Waals surface area contributed by atoms with Gasteiger partial charge in [0.25, 0.3) is 0 Å². The summed E-state index contributed by atoms with van der Waals surface area (Å²) in [6.07, 6.45) is 0. The van der Waals surface area contributed by atoms with Gasteiger partial charge in [0.15, 0.2) is 0 Å². The maximum atomic E-state index is 2.46. The molecule has 0 saturated carbocycles. The van der Waals surface area contributed by atoms with Crippen molar-refractivity contribution in [3.63, 3.8) is 0 Å². The van der Waals surface area contributed by atoms with Crippen molar-refractivity contribution in [2.45, 2.75) is 0 Å². The van der Waals surface area contributed by atoms with Crippen LogP contribution in [-0.4, -0.2) is 0 Å². The first-order valence-electron chi connectivity index (χ1n) is 18.9. The van der Waals surface area contributed by atoms with Gasteiger partial charge >= 0.3 is 0 Å². The molecule has 0 aliphatic carbocycles. The summed E-state index contributed by atoms with van der Waals surface area (Å²) in [7, 11) is 0. The van der Waals surface area contributed by atoms with Crippen LogP contribution in [0.3, 0.4) is 0 Å². The van der Waals surface area contributed by atoms with Gasteiger partial charge in [-0.3, -0.25) is 0 Å². The fraction of sp³-hybridized carbons (Fsp3) is 0. The second-order valence-electron chi connectivity index (χ2n) is 14.1. The highest BCUT2D eigenvalue weighted by atomic mass is 15.1. The van der Waals surface area contributed by atoms with E-state index < -0.39 is 0 Å². The highest BCUT2D eigenvalue weighted by Crippen LogP contribution is 2.47. The van der Waals surface area contributed by atoms with Crippen LogP contribution < -0.4 is 4.90 Å². The second-order valence-corrected chi connectivity index (χ2v) is 14.1. The van der Waals surface area contributed by atoms with Crippen molar-refractivity contribution in [3.05, 3.63) is 224 Å². The Labute approximate surface area is 322 Å². The number of para-hydroxylation sites is 2. The van der Waals surface area contributed by atoms with Crippen molar-refractivity contribution in [1.82, 2.24) is 0 Å². The van der Waals surface area contributed by atoms with Crippen LogP contribution in [0, 0.1) is 0 Å². The Kier molecular flexibility index (Phi) is 8.24. The zero-order valence-corrected chi connectivity index (χ0v) is 30.3. The van der Waals surface area contributed by atoms with E-state index in [2.05, 4.69) is 229 Å². The second kappa shape index (κ2) is 14.0. The Morgan fingerprint density at radius 2 is 0.709 bits per heavy atom. The monoisotopic (exact) mass is 699 g/mol. The molecule has 0 aromatic heterocycles. The van der Waals surface area contributed by atoms with Gasteiger partial charge in [0.1, 0.15) is 0 Å². The fourth-order valence-electron chi connectivity index (χ4n) is 8.25. The minimum atomic E-state index is 1.09. The Balaban J connectivity index is 1.19. The predicted molar refractivity (Wildman–Crippen MR) is 235 cm³/mol. The summed E-state index contributed by atoms with van der Waals surface area (Å²) in [6.45, 7) is 0. The lowest BCUT2D eigenvalue weighted by molar-refractivity contribution is 1.29. The lowest BCUT2D eigenvalue weighted by Crippen LogP contribution is -2.12. The zero-order chi connectivity index (χ0) is 36.6. The normalized spacial score (nSPS) is 11.3. The number of benzene rings is 10. The first kappa shape index (κ1) is 32.4. The Bertz CT molecular complexity index is 2970. The van der Waals surface area contributed by atoms with Crippen LogP contribution in [0.5, 0.6) is 0 Å². The van der Waals surface area contributed by atoms with Crippen molar-refractivity contribution in [1.29, 1.82) is 0 Å². The van der Waals surface area contributed by atoms with Crippen molar-refractivity contribution >= 4 is 49.4 Å². The lowest BCUT2D eigenvalue weighted by atomic mass is 9.91. The van der Waals surface area contributed by atoms with Gasteiger partial charge in [0.2, 0.25) is 0 Å². The zero-order valence-electron chi connectivity index (χ0n) is 30.3. The Hall–Kier alpha value is -7.22. The number of nitrogens with zero attached hydrogens (tertiary/aromatic N) is 1. The molecule has 0 bridgehead atoms. The SMILES string of the molecule is c1ccc(-c2cccc(-c3ccc(N(c4ccccc4-c4cccc5ccccc45)c4ccccc4-c4cc5ccccc5c5ccccc45)cc3)c2)cc1. The molecule has 10 aromatic carbocycles. The quantitative estimate of drug-likeness (QED) is 0.150. The van der Waals surface area contributed by atoms with Gasteiger partial charge in [-0.25, -0.2) is 0 Å². The average molecular weight is 700 g/mol. The molecule has 0 spiro atoms. The number of rotatable bonds is 7. The van der Waals surface area contributed by atoms with Gasteiger partial charge in [-0.15, -0.1) is 0 Å². The molecule has 258 valence electrons. The van der Waals surface area contributed by atoms with Gasteiger partial charge in [-0.1, -0.05) is 188 Å². The van der Waals surface area contributed by atoms with Crippen LogP contribution in [0.4, 0.5) is 17.1 Å². The number of hydrogen-bond acceptors (Lipinski definition) is 1. The lowest BCUT2D eigenvalue weighted by Gasteiger charge is -2.30. The molecule has 1 heteroatoms. The molecule has 0 N–H and O–H groups in total.